The summed E-state index contributed by atoms with van der Waals surface area (Å²) in [6.45, 7) is 2.04. The minimum absolute atomic E-state index is 0.165. The molecule has 0 aliphatic rings. The Balaban J connectivity index is 2.41. The predicted octanol–water partition coefficient (Wildman–Crippen LogP) is 1.96. The van der Waals surface area contributed by atoms with Gasteiger partial charge < -0.3 is 9.15 Å². The van der Waals surface area contributed by atoms with E-state index in [1.807, 2.05) is 0 Å². The summed E-state index contributed by atoms with van der Waals surface area (Å²) in [7, 11) is 1.48. The highest BCUT2D eigenvalue weighted by molar-refractivity contribution is 9.10. The van der Waals surface area contributed by atoms with Crippen LogP contribution in [-0.2, 0) is 6.54 Å². The lowest BCUT2D eigenvalue weighted by atomic mass is 10.4. The van der Waals surface area contributed by atoms with Crippen LogP contribution in [0.15, 0.2) is 32.1 Å². The topological polar surface area (TPSA) is 57.3 Å². The lowest BCUT2D eigenvalue weighted by Crippen LogP contribution is -2.23. The van der Waals surface area contributed by atoms with E-state index in [1.54, 1.807) is 19.1 Å². The maximum atomic E-state index is 11.8. The third-order valence-corrected chi connectivity index (χ3v) is 2.65. The molecule has 0 aliphatic heterocycles. The Morgan fingerprint density at radius 2 is 2.29 bits per heavy atom. The molecule has 17 heavy (non-hydrogen) atoms. The van der Waals surface area contributed by atoms with Crippen molar-refractivity contribution in [3.8, 4) is 6.01 Å². The molecule has 0 atom stereocenters. The molecule has 0 radical (unpaired) electrons. The summed E-state index contributed by atoms with van der Waals surface area (Å²) < 4.78 is 12.5. The molecule has 0 aromatic carbocycles. The van der Waals surface area contributed by atoms with Gasteiger partial charge in [0.1, 0.15) is 5.76 Å². The van der Waals surface area contributed by atoms with Gasteiger partial charge in [0.2, 0.25) is 0 Å². The highest BCUT2D eigenvalue weighted by Gasteiger charge is 2.09. The molecule has 0 unspecified atom stereocenters. The first-order valence-electron chi connectivity index (χ1n) is 4.97. The molecule has 0 aliphatic carbocycles. The van der Waals surface area contributed by atoms with Crippen LogP contribution in [0.3, 0.4) is 0 Å². The molecular weight excluding hydrogens is 288 g/mol. The number of furan rings is 1. The molecule has 0 amide bonds. The first-order chi connectivity index (χ1) is 8.10. The first-order valence-corrected chi connectivity index (χ1v) is 5.76. The molecule has 0 saturated heterocycles. The van der Waals surface area contributed by atoms with E-state index in [9.17, 15) is 4.79 Å². The average Bonchev–Trinajstić information content (AvgIpc) is 2.67. The Hall–Kier alpha value is -1.56. The first kappa shape index (κ1) is 11.9. The summed E-state index contributed by atoms with van der Waals surface area (Å²) in [4.78, 5) is 16.0. The highest BCUT2D eigenvalue weighted by Crippen LogP contribution is 2.16. The van der Waals surface area contributed by atoms with E-state index in [0.29, 0.717) is 22.7 Å². The van der Waals surface area contributed by atoms with Gasteiger partial charge in [-0.3, -0.25) is 9.36 Å². The minimum atomic E-state index is -0.165. The summed E-state index contributed by atoms with van der Waals surface area (Å²) in [5.41, 5.74) is 0.464. The zero-order valence-electron chi connectivity index (χ0n) is 9.44. The molecule has 6 heteroatoms. The summed E-state index contributed by atoms with van der Waals surface area (Å²) in [5, 5.41) is 0. The molecule has 0 spiro atoms. The van der Waals surface area contributed by atoms with E-state index < -0.39 is 0 Å². The number of aryl methyl sites for hydroxylation is 1. The quantitative estimate of drug-likeness (QED) is 0.869. The van der Waals surface area contributed by atoms with Gasteiger partial charge in [-0.15, -0.1) is 0 Å². The fourth-order valence-electron chi connectivity index (χ4n) is 1.49. The van der Waals surface area contributed by atoms with Gasteiger partial charge in [-0.2, -0.15) is 0 Å². The van der Waals surface area contributed by atoms with Gasteiger partial charge in [0.05, 0.1) is 13.7 Å². The smallest absolute Gasteiger partial charge is 0.299 e. The van der Waals surface area contributed by atoms with Crippen molar-refractivity contribution in [1.29, 1.82) is 0 Å². The van der Waals surface area contributed by atoms with Crippen LogP contribution in [-0.4, -0.2) is 16.7 Å². The normalized spacial score (nSPS) is 10.5. The third kappa shape index (κ3) is 2.58. The van der Waals surface area contributed by atoms with E-state index in [2.05, 4.69) is 20.9 Å². The fraction of sp³-hybridized carbons (Fsp3) is 0.273. The van der Waals surface area contributed by atoms with E-state index in [4.69, 9.17) is 9.15 Å². The SMILES string of the molecule is COc1nc(C)cc(=O)n1Cc1ccc(Br)o1. The molecule has 0 bridgehead atoms. The van der Waals surface area contributed by atoms with Gasteiger partial charge >= 0.3 is 0 Å². The second kappa shape index (κ2) is 4.75. The molecular formula is C11H11BrN2O3. The van der Waals surface area contributed by atoms with Gasteiger partial charge in [-0.1, -0.05) is 0 Å². The van der Waals surface area contributed by atoms with Crippen molar-refractivity contribution >= 4 is 15.9 Å². The van der Waals surface area contributed by atoms with Crippen molar-refractivity contribution < 1.29 is 9.15 Å². The minimum Gasteiger partial charge on any atom is -0.468 e. The molecule has 0 N–H and O–H groups in total. The molecule has 0 fully saturated rings. The molecule has 5 nitrogen and oxygen atoms in total. The summed E-state index contributed by atoms with van der Waals surface area (Å²) in [6, 6.07) is 5.30. The highest BCUT2D eigenvalue weighted by atomic mass is 79.9. The van der Waals surface area contributed by atoms with Crippen LogP contribution in [0.5, 0.6) is 6.01 Å². The molecule has 2 heterocycles. The predicted molar refractivity (Wildman–Crippen MR) is 65.3 cm³/mol. The van der Waals surface area contributed by atoms with Gasteiger partial charge in [0, 0.05) is 11.8 Å². The van der Waals surface area contributed by atoms with Crippen molar-refractivity contribution in [1.82, 2.24) is 9.55 Å². The van der Waals surface area contributed by atoms with Gasteiger partial charge in [0.15, 0.2) is 4.67 Å². The van der Waals surface area contributed by atoms with Crippen LogP contribution in [0, 0.1) is 6.92 Å². The van der Waals surface area contributed by atoms with Crippen molar-refractivity contribution in [2.75, 3.05) is 7.11 Å². The Labute approximate surface area is 106 Å². The van der Waals surface area contributed by atoms with Gasteiger partial charge in [-0.25, -0.2) is 4.98 Å². The molecule has 2 aromatic heterocycles. The lowest BCUT2D eigenvalue weighted by molar-refractivity contribution is 0.342. The Kier molecular flexibility index (Phi) is 3.33. The second-order valence-corrected chi connectivity index (χ2v) is 4.30. The van der Waals surface area contributed by atoms with Crippen LogP contribution in [0.2, 0.25) is 0 Å². The summed E-state index contributed by atoms with van der Waals surface area (Å²) in [6.07, 6.45) is 0. The molecule has 2 aromatic rings. The molecule has 0 saturated carbocycles. The number of hydrogen-bond donors (Lipinski definition) is 0. The van der Waals surface area contributed by atoms with E-state index in [0.717, 1.165) is 0 Å². The van der Waals surface area contributed by atoms with Crippen molar-refractivity contribution in [3.05, 3.63) is 44.7 Å². The van der Waals surface area contributed by atoms with E-state index in [1.165, 1.54) is 17.7 Å². The fourth-order valence-corrected chi connectivity index (χ4v) is 1.83. The number of ether oxygens (including phenoxy) is 1. The Bertz CT molecular complexity index is 589. The monoisotopic (exact) mass is 298 g/mol. The van der Waals surface area contributed by atoms with E-state index in [-0.39, 0.29) is 11.6 Å². The molecule has 90 valence electrons. The third-order valence-electron chi connectivity index (χ3n) is 2.23. The zero-order valence-corrected chi connectivity index (χ0v) is 11.0. The molecule has 2 rings (SSSR count). The standard InChI is InChI=1S/C11H11BrN2O3/c1-7-5-10(15)14(11(13-7)16-2)6-8-3-4-9(12)17-8/h3-5H,6H2,1-2H3. The Morgan fingerprint density at radius 1 is 1.53 bits per heavy atom. The lowest BCUT2D eigenvalue weighted by Gasteiger charge is -2.09. The van der Waals surface area contributed by atoms with Gasteiger partial charge in [-0.05, 0) is 35.0 Å². The number of halogens is 1. The number of hydrogen-bond acceptors (Lipinski definition) is 4. The van der Waals surface area contributed by atoms with Crippen LogP contribution in [0.4, 0.5) is 0 Å². The largest absolute Gasteiger partial charge is 0.468 e. The maximum absolute atomic E-state index is 11.8. The van der Waals surface area contributed by atoms with Crippen LogP contribution >= 0.6 is 15.9 Å². The second-order valence-electron chi connectivity index (χ2n) is 3.51. The van der Waals surface area contributed by atoms with E-state index >= 15 is 0 Å². The number of aromatic nitrogens is 2. The van der Waals surface area contributed by atoms with Crippen molar-refractivity contribution in [2.24, 2.45) is 0 Å². The van der Waals surface area contributed by atoms with Gasteiger partial charge in [0.25, 0.3) is 11.6 Å². The van der Waals surface area contributed by atoms with Crippen LogP contribution in [0.1, 0.15) is 11.5 Å². The maximum Gasteiger partial charge on any atom is 0.299 e. The Morgan fingerprint density at radius 3 is 2.88 bits per heavy atom. The summed E-state index contributed by atoms with van der Waals surface area (Å²) in [5.74, 6) is 0.655. The number of nitrogens with zero attached hydrogens (tertiary/aromatic N) is 2. The summed E-state index contributed by atoms with van der Waals surface area (Å²) >= 11 is 3.21. The van der Waals surface area contributed by atoms with Crippen LogP contribution < -0.4 is 10.3 Å². The van der Waals surface area contributed by atoms with Crippen LogP contribution in [0.25, 0.3) is 0 Å². The van der Waals surface area contributed by atoms with Crippen molar-refractivity contribution in [2.45, 2.75) is 13.5 Å². The average molecular weight is 299 g/mol. The number of methoxy groups -OCH3 is 1. The zero-order chi connectivity index (χ0) is 12.4. The van der Waals surface area contributed by atoms with Crippen molar-refractivity contribution in [3.63, 3.8) is 0 Å². The number of rotatable bonds is 3.